The van der Waals surface area contributed by atoms with Crippen molar-refractivity contribution in [3.05, 3.63) is 48.2 Å². The minimum atomic E-state index is -3.83. The van der Waals surface area contributed by atoms with E-state index in [9.17, 15) is 16.8 Å². The molecule has 2 N–H and O–H groups in total. The smallest absolute Gasteiger partial charge is 0.255 e. The zero-order chi connectivity index (χ0) is 17.1. The second-order valence-corrected chi connectivity index (χ2v) is 8.50. The number of ether oxygens (including phenoxy) is 1. The van der Waals surface area contributed by atoms with E-state index in [0.29, 0.717) is 5.75 Å². The molecule has 0 aliphatic carbocycles. The van der Waals surface area contributed by atoms with Crippen LogP contribution in [-0.2, 0) is 26.5 Å². The Bertz CT molecular complexity index is 874. The Morgan fingerprint density at radius 1 is 1.04 bits per heavy atom. The topological polar surface area (TPSA) is 116 Å². The number of pyridine rings is 1. The molecule has 124 valence electrons. The summed E-state index contributed by atoms with van der Waals surface area (Å²) in [4.78, 5) is 3.97. The van der Waals surface area contributed by atoms with E-state index in [1.807, 2.05) is 0 Å². The van der Waals surface area contributed by atoms with Crippen molar-refractivity contribution in [3.8, 4) is 5.75 Å². The van der Waals surface area contributed by atoms with Gasteiger partial charge in [-0.2, -0.15) is 0 Å². The largest absolute Gasteiger partial charge is 0.487 e. The first-order valence-electron chi connectivity index (χ1n) is 6.66. The van der Waals surface area contributed by atoms with E-state index in [4.69, 9.17) is 9.88 Å². The summed E-state index contributed by atoms with van der Waals surface area (Å²) in [7, 11) is -7.05. The minimum absolute atomic E-state index is 0.0465. The Kier molecular flexibility index (Phi) is 5.03. The Hall–Kier alpha value is -1.97. The van der Waals surface area contributed by atoms with Crippen LogP contribution in [0, 0.1) is 0 Å². The zero-order valence-corrected chi connectivity index (χ0v) is 14.0. The molecule has 1 heterocycles. The van der Waals surface area contributed by atoms with Crippen LogP contribution in [0.15, 0.2) is 52.5 Å². The zero-order valence-electron chi connectivity index (χ0n) is 12.3. The van der Waals surface area contributed by atoms with Crippen LogP contribution in [0.25, 0.3) is 0 Å². The molecule has 23 heavy (non-hydrogen) atoms. The van der Waals surface area contributed by atoms with Crippen molar-refractivity contribution in [1.29, 1.82) is 0 Å². The second kappa shape index (κ2) is 6.65. The maximum atomic E-state index is 11.7. The van der Waals surface area contributed by atoms with E-state index in [-0.39, 0.29) is 22.3 Å². The normalized spacial score (nSPS) is 12.1. The molecular weight excluding hydrogens is 340 g/mol. The summed E-state index contributed by atoms with van der Waals surface area (Å²) in [5.41, 5.74) is 0.774. The van der Waals surface area contributed by atoms with Crippen molar-refractivity contribution in [3.63, 3.8) is 0 Å². The number of benzene rings is 1. The van der Waals surface area contributed by atoms with Gasteiger partial charge < -0.3 is 4.74 Å². The number of hydrogen-bond donors (Lipinski definition) is 1. The highest BCUT2D eigenvalue weighted by Crippen LogP contribution is 2.16. The fourth-order valence-corrected chi connectivity index (χ4v) is 3.09. The first-order valence-corrected chi connectivity index (χ1v) is 9.85. The van der Waals surface area contributed by atoms with Gasteiger partial charge in [-0.25, -0.2) is 27.0 Å². The SMILES string of the molecule is CCS(=O)(=O)c1ccc(COc2ccc(S(N)(=O)=O)nc2)cc1. The monoisotopic (exact) mass is 356 g/mol. The number of aromatic nitrogens is 1. The van der Waals surface area contributed by atoms with E-state index in [0.717, 1.165) is 5.56 Å². The molecule has 9 heteroatoms. The van der Waals surface area contributed by atoms with Crippen LogP contribution in [0.2, 0.25) is 0 Å². The van der Waals surface area contributed by atoms with Crippen molar-refractivity contribution in [2.24, 2.45) is 5.14 Å². The lowest BCUT2D eigenvalue weighted by molar-refractivity contribution is 0.304. The third-order valence-corrected chi connectivity index (χ3v) is 5.64. The Labute approximate surface area is 135 Å². The lowest BCUT2D eigenvalue weighted by Gasteiger charge is -2.07. The summed E-state index contributed by atoms with van der Waals surface area (Å²) < 4.78 is 51.0. The Morgan fingerprint density at radius 2 is 1.70 bits per heavy atom. The van der Waals surface area contributed by atoms with Crippen LogP contribution in [0.3, 0.4) is 0 Å². The number of rotatable bonds is 6. The van der Waals surface area contributed by atoms with E-state index in [1.165, 1.54) is 30.5 Å². The fourth-order valence-electron chi connectivity index (χ4n) is 1.75. The second-order valence-electron chi connectivity index (χ2n) is 4.71. The van der Waals surface area contributed by atoms with Gasteiger partial charge in [0.15, 0.2) is 14.9 Å². The minimum Gasteiger partial charge on any atom is -0.487 e. The van der Waals surface area contributed by atoms with Gasteiger partial charge in [0.1, 0.15) is 12.4 Å². The third kappa shape index (κ3) is 4.50. The highest BCUT2D eigenvalue weighted by atomic mass is 32.2. The first kappa shape index (κ1) is 17.4. The number of nitrogens with zero attached hydrogens (tertiary/aromatic N) is 1. The van der Waals surface area contributed by atoms with Crippen LogP contribution >= 0.6 is 0 Å². The molecule has 2 rings (SSSR count). The van der Waals surface area contributed by atoms with Crippen molar-refractivity contribution in [1.82, 2.24) is 4.98 Å². The molecule has 0 aliphatic rings. The molecular formula is C14H16N2O5S2. The van der Waals surface area contributed by atoms with Crippen molar-refractivity contribution >= 4 is 19.9 Å². The van der Waals surface area contributed by atoms with Gasteiger partial charge >= 0.3 is 0 Å². The molecule has 0 radical (unpaired) electrons. The maximum absolute atomic E-state index is 11.7. The van der Waals surface area contributed by atoms with Gasteiger partial charge in [0.25, 0.3) is 10.0 Å². The predicted molar refractivity (Wildman–Crippen MR) is 84.1 cm³/mol. The molecule has 0 saturated carbocycles. The summed E-state index contributed by atoms with van der Waals surface area (Å²) in [6.45, 7) is 1.79. The summed E-state index contributed by atoms with van der Waals surface area (Å²) >= 11 is 0. The maximum Gasteiger partial charge on any atom is 0.255 e. The molecule has 0 fully saturated rings. The standard InChI is InChI=1S/C14H16N2O5S2/c1-2-22(17,18)13-6-3-11(4-7-13)10-21-12-5-8-14(16-9-12)23(15,19)20/h3-9H,2,10H2,1H3,(H2,15,19,20). The molecule has 0 amide bonds. The number of primary sulfonamides is 1. The van der Waals surface area contributed by atoms with Crippen LogP contribution in [0.1, 0.15) is 12.5 Å². The molecule has 0 atom stereocenters. The van der Waals surface area contributed by atoms with Crippen LogP contribution in [0.4, 0.5) is 0 Å². The van der Waals surface area contributed by atoms with Crippen molar-refractivity contribution in [2.75, 3.05) is 5.75 Å². The number of nitrogens with two attached hydrogens (primary N) is 1. The van der Waals surface area contributed by atoms with Crippen molar-refractivity contribution < 1.29 is 21.6 Å². The lowest BCUT2D eigenvalue weighted by atomic mass is 10.2. The van der Waals surface area contributed by atoms with Gasteiger partial charge in [0.05, 0.1) is 16.8 Å². The van der Waals surface area contributed by atoms with Gasteiger partial charge in [-0.1, -0.05) is 19.1 Å². The van der Waals surface area contributed by atoms with Gasteiger partial charge in [-0.05, 0) is 29.8 Å². The molecule has 2 aromatic rings. The average Bonchev–Trinajstić information content (AvgIpc) is 2.53. The third-order valence-electron chi connectivity index (χ3n) is 3.07. The number of hydrogen-bond acceptors (Lipinski definition) is 6. The summed E-state index contributed by atoms with van der Waals surface area (Å²) in [5.74, 6) is 0.424. The Morgan fingerprint density at radius 3 is 2.17 bits per heavy atom. The fraction of sp³-hybridized carbons (Fsp3) is 0.214. The van der Waals surface area contributed by atoms with Crippen LogP contribution in [0.5, 0.6) is 5.75 Å². The van der Waals surface area contributed by atoms with Crippen LogP contribution in [-0.4, -0.2) is 27.6 Å². The molecule has 7 nitrogen and oxygen atoms in total. The molecule has 0 unspecified atom stereocenters. The predicted octanol–water partition coefficient (Wildman–Crippen LogP) is 1.10. The van der Waals surface area contributed by atoms with Gasteiger partial charge in [-0.3, -0.25) is 0 Å². The van der Waals surface area contributed by atoms with E-state index in [2.05, 4.69) is 4.98 Å². The van der Waals surface area contributed by atoms with E-state index >= 15 is 0 Å². The van der Waals surface area contributed by atoms with E-state index in [1.54, 1.807) is 19.1 Å². The van der Waals surface area contributed by atoms with Crippen LogP contribution < -0.4 is 9.88 Å². The summed E-state index contributed by atoms with van der Waals surface area (Å²) in [5, 5.41) is 4.72. The Balaban J connectivity index is 2.04. The van der Waals surface area contributed by atoms with Gasteiger partial charge in [0, 0.05) is 0 Å². The molecule has 0 aliphatic heterocycles. The average molecular weight is 356 g/mol. The van der Waals surface area contributed by atoms with Gasteiger partial charge in [-0.15, -0.1) is 0 Å². The highest BCUT2D eigenvalue weighted by Gasteiger charge is 2.11. The quantitative estimate of drug-likeness (QED) is 0.828. The van der Waals surface area contributed by atoms with Gasteiger partial charge in [0.2, 0.25) is 0 Å². The molecule has 1 aromatic carbocycles. The highest BCUT2D eigenvalue weighted by molar-refractivity contribution is 7.91. The van der Waals surface area contributed by atoms with Crippen molar-refractivity contribution in [2.45, 2.75) is 23.5 Å². The number of sulfone groups is 1. The molecule has 0 spiro atoms. The number of sulfonamides is 1. The summed E-state index contributed by atoms with van der Waals surface area (Å²) in [6, 6.07) is 9.08. The lowest BCUT2D eigenvalue weighted by Crippen LogP contribution is -2.13. The molecule has 0 saturated heterocycles. The van der Waals surface area contributed by atoms with E-state index < -0.39 is 19.9 Å². The molecule has 1 aromatic heterocycles. The summed E-state index contributed by atoms with van der Waals surface area (Å²) in [6.07, 6.45) is 1.26. The first-order chi connectivity index (χ1) is 10.7. The molecule has 0 bridgehead atoms.